The highest BCUT2D eigenvalue weighted by atomic mass is 16.5. The number of hydrazine groups is 1. The van der Waals surface area contributed by atoms with Gasteiger partial charge in [0.1, 0.15) is 0 Å². The van der Waals surface area contributed by atoms with Gasteiger partial charge in [-0.3, -0.25) is 11.3 Å². The summed E-state index contributed by atoms with van der Waals surface area (Å²) in [6.07, 6.45) is 12.0. The number of hydrogen-bond donors (Lipinski definition) is 2. The Labute approximate surface area is 107 Å². The highest BCUT2D eigenvalue weighted by Crippen LogP contribution is 2.10. The Morgan fingerprint density at radius 1 is 0.941 bits per heavy atom. The molecule has 3 heteroatoms. The van der Waals surface area contributed by atoms with Gasteiger partial charge in [0.15, 0.2) is 0 Å². The number of nitrogens with one attached hydrogen (secondary N) is 1. The second-order valence-electron chi connectivity index (χ2n) is 4.79. The Hall–Kier alpha value is -0.120. The molecule has 1 atom stereocenters. The number of nitrogens with two attached hydrogens (primary N) is 1. The van der Waals surface area contributed by atoms with Crippen LogP contribution in [0.1, 0.15) is 71.6 Å². The topological polar surface area (TPSA) is 47.3 Å². The maximum atomic E-state index is 5.48. The molecule has 0 heterocycles. The van der Waals surface area contributed by atoms with E-state index in [2.05, 4.69) is 12.3 Å². The predicted molar refractivity (Wildman–Crippen MR) is 74.8 cm³/mol. The number of rotatable bonds is 13. The van der Waals surface area contributed by atoms with Gasteiger partial charge in [-0.15, -0.1) is 0 Å². The van der Waals surface area contributed by atoms with Crippen molar-refractivity contribution in [3.8, 4) is 0 Å². The second kappa shape index (κ2) is 13.9. The molecule has 3 N–H and O–H groups in total. The molecule has 0 aliphatic rings. The zero-order chi connectivity index (χ0) is 12.8. The summed E-state index contributed by atoms with van der Waals surface area (Å²) in [5.41, 5.74) is 2.83. The van der Waals surface area contributed by atoms with Gasteiger partial charge in [-0.2, -0.15) is 0 Å². The standard InChI is InChI=1S/C14H32N2O/c1-3-5-6-7-8-9-10-11-12-14(16-15)13-17-4-2/h14,16H,3-13,15H2,1-2H3. The van der Waals surface area contributed by atoms with Crippen molar-refractivity contribution < 1.29 is 4.74 Å². The third-order valence-corrected chi connectivity index (χ3v) is 3.17. The summed E-state index contributed by atoms with van der Waals surface area (Å²) in [6.45, 7) is 5.79. The second-order valence-corrected chi connectivity index (χ2v) is 4.79. The van der Waals surface area contributed by atoms with E-state index in [-0.39, 0.29) is 0 Å². The first-order chi connectivity index (χ1) is 8.35. The van der Waals surface area contributed by atoms with Crippen molar-refractivity contribution in [1.82, 2.24) is 5.43 Å². The van der Waals surface area contributed by atoms with Gasteiger partial charge in [0.2, 0.25) is 0 Å². The Bertz CT molecular complexity index is 142. The van der Waals surface area contributed by atoms with Gasteiger partial charge in [0.25, 0.3) is 0 Å². The molecule has 0 aliphatic heterocycles. The molecule has 0 aromatic carbocycles. The van der Waals surface area contributed by atoms with Gasteiger partial charge < -0.3 is 4.74 Å². The summed E-state index contributed by atoms with van der Waals surface area (Å²) in [7, 11) is 0. The van der Waals surface area contributed by atoms with E-state index in [0.29, 0.717) is 6.04 Å². The molecule has 0 fully saturated rings. The van der Waals surface area contributed by atoms with Crippen molar-refractivity contribution in [1.29, 1.82) is 0 Å². The lowest BCUT2D eigenvalue weighted by atomic mass is 10.1. The third-order valence-electron chi connectivity index (χ3n) is 3.17. The fourth-order valence-corrected chi connectivity index (χ4v) is 2.00. The summed E-state index contributed by atoms with van der Waals surface area (Å²) in [4.78, 5) is 0. The molecule has 0 bridgehead atoms. The molecule has 104 valence electrons. The predicted octanol–water partition coefficient (Wildman–Crippen LogP) is 3.39. The lowest BCUT2D eigenvalue weighted by Crippen LogP contribution is -2.38. The fourth-order valence-electron chi connectivity index (χ4n) is 2.00. The SMILES string of the molecule is CCCCCCCCCCC(COCC)NN. The minimum Gasteiger partial charge on any atom is -0.380 e. The first-order valence-electron chi connectivity index (χ1n) is 7.39. The van der Waals surface area contributed by atoms with Gasteiger partial charge in [-0.25, -0.2) is 0 Å². The maximum absolute atomic E-state index is 5.48. The van der Waals surface area contributed by atoms with Crippen molar-refractivity contribution in [3.05, 3.63) is 0 Å². The number of unbranched alkanes of at least 4 members (excludes halogenated alkanes) is 7. The van der Waals surface area contributed by atoms with Crippen LogP contribution in [0.25, 0.3) is 0 Å². The van der Waals surface area contributed by atoms with Crippen molar-refractivity contribution in [2.75, 3.05) is 13.2 Å². The van der Waals surface area contributed by atoms with E-state index in [1.807, 2.05) is 6.92 Å². The zero-order valence-electron chi connectivity index (χ0n) is 11.8. The van der Waals surface area contributed by atoms with E-state index in [4.69, 9.17) is 10.6 Å². The van der Waals surface area contributed by atoms with Crippen LogP contribution < -0.4 is 11.3 Å². The van der Waals surface area contributed by atoms with Gasteiger partial charge in [-0.1, -0.05) is 58.3 Å². The molecule has 0 aliphatic carbocycles. The average Bonchev–Trinajstić information content (AvgIpc) is 2.36. The Morgan fingerprint density at radius 2 is 1.53 bits per heavy atom. The Kier molecular flexibility index (Phi) is 13.8. The lowest BCUT2D eigenvalue weighted by molar-refractivity contribution is 0.119. The van der Waals surface area contributed by atoms with Crippen LogP contribution in [0.2, 0.25) is 0 Å². The largest absolute Gasteiger partial charge is 0.380 e. The van der Waals surface area contributed by atoms with E-state index in [1.54, 1.807) is 0 Å². The molecule has 17 heavy (non-hydrogen) atoms. The summed E-state index contributed by atoms with van der Waals surface area (Å²) >= 11 is 0. The highest BCUT2D eigenvalue weighted by Gasteiger charge is 2.05. The van der Waals surface area contributed by atoms with Crippen LogP contribution in [0, 0.1) is 0 Å². The molecule has 3 nitrogen and oxygen atoms in total. The first-order valence-corrected chi connectivity index (χ1v) is 7.39. The lowest BCUT2D eigenvalue weighted by Gasteiger charge is -2.15. The Morgan fingerprint density at radius 3 is 2.06 bits per heavy atom. The minimum atomic E-state index is 0.329. The molecule has 0 amide bonds. The Balaban J connectivity index is 3.19. The van der Waals surface area contributed by atoms with Crippen LogP contribution in [0.5, 0.6) is 0 Å². The van der Waals surface area contributed by atoms with Gasteiger partial charge >= 0.3 is 0 Å². The quantitative estimate of drug-likeness (QED) is 0.296. The number of hydrogen-bond acceptors (Lipinski definition) is 3. The molecule has 0 aromatic heterocycles. The van der Waals surface area contributed by atoms with Crippen molar-refractivity contribution in [2.24, 2.45) is 5.84 Å². The van der Waals surface area contributed by atoms with E-state index in [1.165, 1.54) is 51.4 Å². The zero-order valence-corrected chi connectivity index (χ0v) is 11.8. The van der Waals surface area contributed by atoms with Crippen LogP contribution >= 0.6 is 0 Å². The van der Waals surface area contributed by atoms with Gasteiger partial charge in [0.05, 0.1) is 6.61 Å². The van der Waals surface area contributed by atoms with Crippen LogP contribution in [-0.4, -0.2) is 19.3 Å². The average molecular weight is 244 g/mol. The van der Waals surface area contributed by atoms with Crippen molar-refractivity contribution in [3.63, 3.8) is 0 Å². The van der Waals surface area contributed by atoms with Gasteiger partial charge in [-0.05, 0) is 13.3 Å². The van der Waals surface area contributed by atoms with E-state index in [9.17, 15) is 0 Å². The van der Waals surface area contributed by atoms with Crippen LogP contribution in [0.4, 0.5) is 0 Å². The van der Waals surface area contributed by atoms with Crippen LogP contribution in [-0.2, 0) is 4.74 Å². The molecule has 0 aromatic rings. The van der Waals surface area contributed by atoms with Crippen LogP contribution in [0.15, 0.2) is 0 Å². The smallest absolute Gasteiger partial charge is 0.0632 e. The van der Waals surface area contributed by atoms with Crippen molar-refractivity contribution in [2.45, 2.75) is 77.7 Å². The van der Waals surface area contributed by atoms with Crippen molar-refractivity contribution >= 4 is 0 Å². The minimum absolute atomic E-state index is 0.329. The summed E-state index contributed by atoms with van der Waals surface area (Å²) in [5, 5.41) is 0. The van der Waals surface area contributed by atoms with E-state index in [0.717, 1.165) is 19.6 Å². The van der Waals surface area contributed by atoms with E-state index >= 15 is 0 Å². The molecule has 0 rings (SSSR count). The fraction of sp³-hybridized carbons (Fsp3) is 1.00. The van der Waals surface area contributed by atoms with Gasteiger partial charge in [0, 0.05) is 12.6 Å². The maximum Gasteiger partial charge on any atom is 0.0632 e. The van der Waals surface area contributed by atoms with Crippen LogP contribution in [0.3, 0.4) is 0 Å². The summed E-state index contributed by atoms with van der Waals surface area (Å²) < 4.78 is 5.37. The first kappa shape index (κ1) is 16.9. The summed E-state index contributed by atoms with van der Waals surface area (Å²) in [6, 6.07) is 0.329. The molecular formula is C14H32N2O. The molecule has 1 unspecified atom stereocenters. The summed E-state index contributed by atoms with van der Waals surface area (Å²) in [5.74, 6) is 5.48. The third kappa shape index (κ3) is 12.1. The highest BCUT2D eigenvalue weighted by molar-refractivity contribution is 4.62. The molecule has 0 radical (unpaired) electrons. The molecule has 0 saturated heterocycles. The number of ether oxygens (including phenoxy) is 1. The normalized spacial score (nSPS) is 12.9. The van der Waals surface area contributed by atoms with E-state index < -0.39 is 0 Å². The molecule has 0 spiro atoms. The molecule has 0 saturated carbocycles. The monoisotopic (exact) mass is 244 g/mol. The molecular weight excluding hydrogens is 212 g/mol.